The Morgan fingerprint density at radius 1 is 1.48 bits per heavy atom. The number of primary sulfonamides is 1. The van der Waals surface area contributed by atoms with Crippen molar-refractivity contribution in [2.24, 2.45) is 11.1 Å². The van der Waals surface area contributed by atoms with Gasteiger partial charge in [0.25, 0.3) is 5.91 Å². The average molecular weight is 314 g/mol. The zero-order chi connectivity index (χ0) is 15.8. The Kier molecular flexibility index (Phi) is 4.34. The van der Waals surface area contributed by atoms with Crippen molar-refractivity contribution in [2.45, 2.75) is 44.0 Å². The number of carbonyl (C=O) groups excluding carboxylic acids is 1. The quantitative estimate of drug-likeness (QED) is 0.867. The summed E-state index contributed by atoms with van der Waals surface area (Å²) in [5, 5.41) is 7.83. The SMILES string of the molecule is CCCC1CC1NC(=O)c1cc(F)c(C)c(S(N)(=O)=O)c1. The molecule has 1 aliphatic rings. The third-order valence-corrected chi connectivity index (χ3v) is 4.80. The predicted molar refractivity (Wildman–Crippen MR) is 76.8 cm³/mol. The number of benzene rings is 1. The zero-order valence-electron chi connectivity index (χ0n) is 12.0. The Labute approximate surface area is 123 Å². The minimum absolute atomic E-state index is 0.0238. The molecule has 0 aliphatic heterocycles. The molecular weight excluding hydrogens is 295 g/mol. The topological polar surface area (TPSA) is 89.3 Å². The van der Waals surface area contributed by atoms with Gasteiger partial charge in [-0.1, -0.05) is 13.3 Å². The highest BCUT2D eigenvalue weighted by Gasteiger charge is 2.37. The summed E-state index contributed by atoms with van der Waals surface area (Å²) in [7, 11) is -4.06. The van der Waals surface area contributed by atoms with Gasteiger partial charge in [0.2, 0.25) is 10.0 Å². The lowest BCUT2D eigenvalue weighted by molar-refractivity contribution is 0.0948. The van der Waals surface area contributed by atoms with Gasteiger partial charge in [0.15, 0.2) is 0 Å². The lowest BCUT2D eigenvalue weighted by Gasteiger charge is -2.09. The molecule has 0 heterocycles. The maximum Gasteiger partial charge on any atom is 0.251 e. The third kappa shape index (κ3) is 3.59. The Balaban J connectivity index is 2.21. The third-order valence-electron chi connectivity index (χ3n) is 3.76. The number of rotatable bonds is 5. The monoisotopic (exact) mass is 314 g/mol. The normalized spacial score (nSPS) is 21.1. The summed E-state index contributed by atoms with van der Waals surface area (Å²) in [5.41, 5.74) is -0.103. The summed E-state index contributed by atoms with van der Waals surface area (Å²) in [5.74, 6) is -0.762. The summed E-state index contributed by atoms with van der Waals surface area (Å²) >= 11 is 0. The van der Waals surface area contributed by atoms with E-state index in [9.17, 15) is 17.6 Å². The van der Waals surface area contributed by atoms with Crippen molar-refractivity contribution in [3.8, 4) is 0 Å². The lowest BCUT2D eigenvalue weighted by atomic mass is 10.1. The second kappa shape index (κ2) is 5.73. The first-order chi connectivity index (χ1) is 9.74. The molecular formula is C14H19FN2O3S. The van der Waals surface area contributed by atoms with E-state index in [1.807, 2.05) is 0 Å². The number of hydrogen-bond donors (Lipinski definition) is 2. The number of hydrogen-bond acceptors (Lipinski definition) is 3. The molecule has 1 saturated carbocycles. The lowest BCUT2D eigenvalue weighted by Crippen LogP contribution is -2.27. The molecule has 21 heavy (non-hydrogen) atoms. The number of halogens is 1. The molecule has 1 fully saturated rings. The molecule has 1 aromatic carbocycles. The molecule has 0 radical (unpaired) electrons. The van der Waals surface area contributed by atoms with Gasteiger partial charge in [-0.25, -0.2) is 17.9 Å². The van der Waals surface area contributed by atoms with E-state index >= 15 is 0 Å². The van der Waals surface area contributed by atoms with Crippen molar-refractivity contribution < 1.29 is 17.6 Å². The van der Waals surface area contributed by atoms with Crippen molar-refractivity contribution in [3.05, 3.63) is 29.1 Å². The highest BCUT2D eigenvalue weighted by Crippen LogP contribution is 2.34. The van der Waals surface area contributed by atoms with Crippen LogP contribution in [0.1, 0.15) is 42.1 Å². The van der Waals surface area contributed by atoms with Crippen molar-refractivity contribution >= 4 is 15.9 Å². The van der Waals surface area contributed by atoms with Crippen LogP contribution in [0, 0.1) is 18.7 Å². The van der Waals surface area contributed by atoms with Gasteiger partial charge in [-0.05, 0) is 37.8 Å². The Bertz CT molecular complexity index is 673. The summed E-state index contributed by atoms with van der Waals surface area (Å²) in [6, 6.07) is 2.26. The van der Waals surface area contributed by atoms with Gasteiger partial charge in [-0.3, -0.25) is 4.79 Å². The van der Waals surface area contributed by atoms with Crippen LogP contribution in [0.15, 0.2) is 17.0 Å². The van der Waals surface area contributed by atoms with Crippen LogP contribution >= 0.6 is 0 Å². The minimum Gasteiger partial charge on any atom is -0.349 e. The zero-order valence-corrected chi connectivity index (χ0v) is 12.8. The summed E-state index contributed by atoms with van der Waals surface area (Å²) in [6.45, 7) is 3.39. The largest absolute Gasteiger partial charge is 0.349 e. The molecule has 7 heteroatoms. The highest BCUT2D eigenvalue weighted by atomic mass is 32.2. The molecule has 116 valence electrons. The van der Waals surface area contributed by atoms with Gasteiger partial charge in [-0.2, -0.15) is 0 Å². The van der Waals surface area contributed by atoms with E-state index in [0.29, 0.717) is 5.92 Å². The fourth-order valence-electron chi connectivity index (χ4n) is 2.45. The van der Waals surface area contributed by atoms with Crippen LogP contribution in [-0.4, -0.2) is 20.4 Å². The molecule has 1 aliphatic carbocycles. The summed E-state index contributed by atoms with van der Waals surface area (Å²) in [4.78, 5) is 11.7. The van der Waals surface area contributed by atoms with Gasteiger partial charge in [0.05, 0.1) is 4.90 Å². The number of nitrogens with two attached hydrogens (primary N) is 1. The fourth-order valence-corrected chi connectivity index (χ4v) is 3.26. The van der Waals surface area contributed by atoms with Crippen LogP contribution < -0.4 is 10.5 Å². The van der Waals surface area contributed by atoms with Crippen molar-refractivity contribution in [1.82, 2.24) is 5.32 Å². The molecule has 2 rings (SSSR count). The number of nitrogens with one attached hydrogen (secondary N) is 1. The smallest absolute Gasteiger partial charge is 0.251 e. The molecule has 5 nitrogen and oxygen atoms in total. The van der Waals surface area contributed by atoms with E-state index < -0.39 is 21.7 Å². The van der Waals surface area contributed by atoms with Gasteiger partial charge in [0.1, 0.15) is 5.82 Å². The van der Waals surface area contributed by atoms with E-state index in [0.717, 1.165) is 31.4 Å². The maximum absolute atomic E-state index is 13.8. The van der Waals surface area contributed by atoms with E-state index in [-0.39, 0.29) is 22.1 Å². The minimum atomic E-state index is -4.06. The molecule has 0 spiro atoms. The summed E-state index contributed by atoms with van der Waals surface area (Å²) < 4.78 is 36.6. The molecule has 0 saturated heterocycles. The highest BCUT2D eigenvalue weighted by molar-refractivity contribution is 7.89. The van der Waals surface area contributed by atoms with Crippen molar-refractivity contribution in [1.29, 1.82) is 0 Å². The maximum atomic E-state index is 13.8. The molecule has 1 amide bonds. The second-order valence-corrected chi connectivity index (χ2v) is 7.02. The van der Waals surface area contributed by atoms with Crippen molar-refractivity contribution in [3.63, 3.8) is 0 Å². The standard InChI is InChI=1S/C14H19FN2O3S/c1-3-4-9-6-12(9)17-14(18)10-5-11(15)8(2)13(7-10)21(16,19)20/h5,7,9,12H,3-4,6H2,1-2H3,(H,17,18)(H2,16,19,20). The number of amides is 1. The number of sulfonamides is 1. The molecule has 3 N–H and O–H groups in total. The van der Waals surface area contributed by atoms with E-state index in [1.54, 1.807) is 0 Å². The molecule has 0 bridgehead atoms. The van der Waals surface area contributed by atoms with Crippen LogP contribution in [0.4, 0.5) is 4.39 Å². The molecule has 2 unspecified atom stereocenters. The summed E-state index contributed by atoms with van der Waals surface area (Å²) in [6.07, 6.45) is 3.00. The number of carbonyl (C=O) groups is 1. The Morgan fingerprint density at radius 2 is 2.14 bits per heavy atom. The van der Waals surface area contributed by atoms with Crippen LogP contribution in [0.2, 0.25) is 0 Å². The van der Waals surface area contributed by atoms with Crippen LogP contribution in [0.5, 0.6) is 0 Å². The predicted octanol–water partition coefficient (Wildman–Crippen LogP) is 1.70. The van der Waals surface area contributed by atoms with Gasteiger partial charge < -0.3 is 5.32 Å². The van der Waals surface area contributed by atoms with E-state index in [2.05, 4.69) is 12.2 Å². The van der Waals surface area contributed by atoms with Crippen LogP contribution in [0.3, 0.4) is 0 Å². The van der Waals surface area contributed by atoms with Crippen molar-refractivity contribution in [2.75, 3.05) is 0 Å². The van der Waals surface area contributed by atoms with Crippen LogP contribution in [0.25, 0.3) is 0 Å². The molecule has 0 aromatic heterocycles. The van der Waals surface area contributed by atoms with Gasteiger partial charge >= 0.3 is 0 Å². The second-order valence-electron chi connectivity index (χ2n) is 5.49. The van der Waals surface area contributed by atoms with E-state index in [4.69, 9.17) is 5.14 Å². The first kappa shape index (κ1) is 15.9. The van der Waals surface area contributed by atoms with Gasteiger partial charge in [-0.15, -0.1) is 0 Å². The first-order valence-corrected chi connectivity index (χ1v) is 8.42. The molecule has 1 aromatic rings. The first-order valence-electron chi connectivity index (χ1n) is 6.87. The Morgan fingerprint density at radius 3 is 2.71 bits per heavy atom. The van der Waals surface area contributed by atoms with Gasteiger partial charge in [0, 0.05) is 17.2 Å². The molecule has 2 atom stereocenters. The Hall–Kier alpha value is -1.47. The van der Waals surface area contributed by atoms with E-state index in [1.165, 1.54) is 6.92 Å². The fraction of sp³-hybridized carbons (Fsp3) is 0.500. The van der Waals surface area contributed by atoms with Crippen LogP contribution in [-0.2, 0) is 10.0 Å². The average Bonchev–Trinajstić information content (AvgIpc) is 3.09.